The zero-order valence-corrected chi connectivity index (χ0v) is 21.0. The number of hydrogen-bond donors (Lipinski definition) is 1. The third-order valence-electron chi connectivity index (χ3n) is 6.72. The van der Waals surface area contributed by atoms with Gasteiger partial charge in [0.1, 0.15) is 0 Å². The van der Waals surface area contributed by atoms with E-state index in [2.05, 4.69) is 24.1 Å². The fourth-order valence-corrected chi connectivity index (χ4v) is 4.74. The molecule has 0 saturated carbocycles. The van der Waals surface area contributed by atoms with Crippen LogP contribution in [0.3, 0.4) is 0 Å². The molecule has 0 radical (unpaired) electrons. The summed E-state index contributed by atoms with van der Waals surface area (Å²) < 4.78 is 42.4. The van der Waals surface area contributed by atoms with Crippen LogP contribution in [0.4, 0.5) is 13.2 Å². The highest BCUT2D eigenvalue weighted by molar-refractivity contribution is 5.86. The molecular formula is C28H36F3N3O. The standard InChI is InChI=1S/C28H36F3N3O/c1-5-34(6-2)16-10-11-20(3)32-27(35)18-24(21-12-9-13-22(17-21)28(29,30)31)25-19-33(4)26-15-8-7-14-23(25)26/h7-9,12-15,17,19-20,24H,5-6,10-11,16,18H2,1-4H3,(H,32,35)/t20-,24+/m1/s1. The van der Waals surface area contributed by atoms with Gasteiger partial charge in [0.05, 0.1) is 5.56 Å². The van der Waals surface area contributed by atoms with E-state index in [1.54, 1.807) is 6.07 Å². The van der Waals surface area contributed by atoms with Gasteiger partial charge in [0, 0.05) is 42.5 Å². The lowest BCUT2D eigenvalue weighted by molar-refractivity contribution is -0.137. The van der Waals surface area contributed by atoms with Gasteiger partial charge in [-0.3, -0.25) is 4.79 Å². The Hall–Kier alpha value is -2.80. The summed E-state index contributed by atoms with van der Waals surface area (Å²) in [6.07, 6.45) is -0.610. The van der Waals surface area contributed by atoms with Crippen LogP contribution < -0.4 is 5.32 Å². The minimum absolute atomic E-state index is 0.00672. The fraction of sp³-hybridized carbons (Fsp3) is 0.464. The highest BCUT2D eigenvalue weighted by Gasteiger charge is 2.32. The van der Waals surface area contributed by atoms with Crippen LogP contribution in [0.1, 0.15) is 62.6 Å². The predicted molar refractivity (Wildman–Crippen MR) is 135 cm³/mol. The van der Waals surface area contributed by atoms with E-state index in [-0.39, 0.29) is 18.4 Å². The molecular weight excluding hydrogens is 451 g/mol. The van der Waals surface area contributed by atoms with Crippen LogP contribution in [0, 0.1) is 0 Å². The first kappa shape index (κ1) is 26.8. The molecule has 1 heterocycles. The van der Waals surface area contributed by atoms with E-state index in [9.17, 15) is 18.0 Å². The number of benzene rings is 2. The maximum Gasteiger partial charge on any atom is 0.416 e. The van der Waals surface area contributed by atoms with Gasteiger partial charge in [-0.1, -0.05) is 50.2 Å². The van der Waals surface area contributed by atoms with E-state index < -0.39 is 17.7 Å². The molecule has 0 aliphatic rings. The first-order valence-corrected chi connectivity index (χ1v) is 12.4. The summed E-state index contributed by atoms with van der Waals surface area (Å²) in [7, 11) is 1.91. The van der Waals surface area contributed by atoms with Crippen LogP contribution in [0.15, 0.2) is 54.7 Å². The molecule has 0 bridgehead atoms. The van der Waals surface area contributed by atoms with Crippen molar-refractivity contribution in [1.82, 2.24) is 14.8 Å². The van der Waals surface area contributed by atoms with Crippen molar-refractivity contribution in [2.45, 2.75) is 58.2 Å². The molecule has 1 N–H and O–H groups in total. The van der Waals surface area contributed by atoms with Crippen molar-refractivity contribution >= 4 is 16.8 Å². The Kier molecular flexibility index (Phi) is 9.00. The van der Waals surface area contributed by atoms with Crippen molar-refractivity contribution in [3.63, 3.8) is 0 Å². The van der Waals surface area contributed by atoms with E-state index in [0.29, 0.717) is 5.56 Å². The Labute approximate surface area is 206 Å². The van der Waals surface area contributed by atoms with E-state index in [1.807, 2.05) is 49.0 Å². The van der Waals surface area contributed by atoms with Crippen LogP contribution in [-0.4, -0.2) is 41.1 Å². The first-order chi connectivity index (χ1) is 16.6. The lowest BCUT2D eigenvalue weighted by Crippen LogP contribution is -2.34. The monoisotopic (exact) mass is 487 g/mol. The van der Waals surface area contributed by atoms with Crippen molar-refractivity contribution in [2.24, 2.45) is 7.05 Å². The highest BCUT2D eigenvalue weighted by atomic mass is 19.4. The molecule has 0 unspecified atom stereocenters. The highest BCUT2D eigenvalue weighted by Crippen LogP contribution is 2.37. The number of para-hydroxylation sites is 1. The average Bonchev–Trinajstić information content (AvgIpc) is 3.16. The number of rotatable bonds is 11. The second-order valence-corrected chi connectivity index (χ2v) is 9.23. The van der Waals surface area contributed by atoms with Gasteiger partial charge in [-0.05, 0) is 62.7 Å². The Morgan fingerprint density at radius 2 is 1.80 bits per heavy atom. The molecule has 1 aromatic heterocycles. The summed E-state index contributed by atoms with van der Waals surface area (Å²) in [6.45, 7) is 9.24. The summed E-state index contributed by atoms with van der Waals surface area (Å²) in [5, 5.41) is 4.01. The second-order valence-electron chi connectivity index (χ2n) is 9.23. The van der Waals surface area contributed by atoms with Gasteiger partial charge in [0.15, 0.2) is 0 Å². The molecule has 0 aliphatic heterocycles. The van der Waals surface area contributed by atoms with Gasteiger partial charge in [-0.25, -0.2) is 0 Å². The predicted octanol–water partition coefficient (Wildman–Crippen LogP) is 6.35. The van der Waals surface area contributed by atoms with E-state index in [0.717, 1.165) is 55.0 Å². The molecule has 35 heavy (non-hydrogen) atoms. The van der Waals surface area contributed by atoms with Crippen molar-refractivity contribution < 1.29 is 18.0 Å². The lowest BCUT2D eigenvalue weighted by Gasteiger charge is -2.22. The van der Waals surface area contributed by atoms with Crippen LogP contribution in [0.5, 0.6) is 0 Å². The van der Waals surface area contributed by atoms with Gasteiger partial charge >= 0.3 is 6.18 Å². The zero-order chi connectivity index (χ0) is 25.6. The third kappa shape index (κ3) is 6.88. The molecule has 2 atom stereocenters. The summed E-state index contributed by atoms with van der Waals surface area (Å²) >= 11 is 0. The van der Waals surface area contributed by atoms with Gasteiger partial charge in [-0.15, -0.1) is 0 Å². The molecule has 3 aromatic rings. The van der Waals surface area contributed by atoms with Crippen molar-refractivity contribution in [1.29, 1.82) is 0 Å². The molecule has 4 nitrogen and oxygen atoms in total. The van der Waals surface area contributed by atoms with E-state index in [1.165, 1.54) is 12.1 Å². The largest absolute Gasteiger partial charge is 0.416 e. The summed E-state index contributed by atoms with van der Waals surface area (Å²) in [6, 6.07) is 13.1. The number of alkyl halides is 3. The van der Waals surface area contributed by atoms with Gasteiger partial charge in [-0.2, -0.15) is 13.2 Å². The maximum atomic E-state index is 13.5. The number of halogens is 3. The second kappa shape index (κ2) is 11.8. The van der Waals surface area contributed by atoms with Crippen molar-refractivity contribution in [3.05, 3.63) is 71.4 Å². The third-order valence-corrected chi connectivity index (χ3v) is 6.72. The van der Waals surface area contributed by atoms with Crippen LogP contribution >= 0.6 is 0 Å². The molecule has 0 saturated heterocycles. The van der Waals surface area contributed by atoms with Gasteiger partial charge < -0.3 is 14.8 Å². The Morgan fingerprint density at radius 1 is 1.09 bits per heavy atom. The Balaban J connectivity index is 1.84. The lowest BCUT2D eigenvalue weighted by atomic mass is 9.87. The van der Waals surface area contributed by atoms with Gasteiger partial charge in [0.2, 0.25) is 5.91 Å². The molecule has 0 aliphatic carbocycles. The number of carbonyl (C=O) groups is 1. The number of aryl methyl sites for hydroxylation is 1. The van der Waals surface area contributed by atoms with Crippen LogP contribution in [-0.2, 0) is 18.0 Å². The fourth-order valence-electron chi connectivity index (χ4n) is 4.74. The maximum absolute atomic E-state index is 13.5. The topological polar surface area (TPSA) is 37.3 Å². The molecule has 190 valence electrons. The Morgan fingerprint density at radius 3 is 2.49 bits per heavy atom. The van der Waals surface area contributed by atoms with E-state index in [4.69, 9.17) is 0 Å². The summed E-state index contributed by atoms with van der Waals surface area (Å²) in [5.74, 6) is -0.651. The summed E-state index contributed by atoms with van der Waals surface area (Å²) in [5.41, 5.74) is 1.61. The Bertz CT molecular complexity index is 1120. The van der Waals surface area contributed by atoms with Crippen LogP contribution in [0.2, 0.25) is 0 Å². The quantitative estimate of drug-likeness (QED) is 0.342. The molecule has 2 aromatic carbocycles. The zero-order valence-electron chi connectivity index (χ0n) is 21.0. The number of nitrogens with one attached hydrogen (secondary N) is 1. The van der Waals surface area contributed by atoms with Crippen molar-refractivity contribution in [3.8, 4) is 0 Å². The minimum atomic E-state index is -4.44. The van der Waals surface area contributed by atoms with Crippen LogP contribution in [0.25, 0.3) is 10.9 Å². The molecule has 0 fully saturated rings. The smallest absolute Gasteiger partial charge is 0.354 e. The number of aromatic nitrogens is 1. The SMILES string of the molecule is CCN(CC)CCC[C@@H](C)NC(=O)C[C@@H](c1cccc(C(F)(F)F)c1)c1cn(C)c2ccccc12. The number of hydrogen-bond acceptors (Lipinski definition) is 2. The molecule has 3 rings (SSSR count). The summed E-state index contributed by atoms with van der Waals surface area (Å²) in [4.78, 5) is 15.4. The average molecular weight is 488 g/mol. The number of amides is 1. The van der Waals surface area contributed by atoms with E-state index >= 15 is 0 Å². The normalized spacial score (nSPS) is 13.8. The molecule has 1 amide bonds. The van der Waals surface area contributed by atoms with Crippen molar-refractivity contribution in [2.75, 3.05) is 19.6 Å². The first-order valence-electron chi connectivity index (χ1n) is 12.4. The number of nitrogens with zero attached hydrogens (tertiary/aromatic N) is 2. The molecule has 7 heteroatoms. The number of fused-ring (bicyclic) bond motifs is 1. The van der Waals surface area contributed by atoms with Gasteiger partial charge in [0.25, 0.3) is 0 Å². The minimum Gasteiger partial charge on any atom is -0.354 e. The number of carbonyl (C=O) groups excluding carboxylic acids is 1. The molecule has 0 spiro atoms.